The molecule has 14 heteroatoms. The van der Waals surface area contributed by atoms with E-state index in [2.05, 4.69) is 25.4 Å². The van der Waals surface area contributed by atoms with Crippen molar-refractivity contribution < 1.29 is 22.6 Å². The third kappa shape index (κ3) is 5.66. The summed E-state index contributed by atoms with van der Waals surface area (Å²) in [5.41, 5.74) is 4.69. The van der Waals surface area contributed by atoms with E-state index in [0.29, 0.717) is 72.8 Å². The minimum atomic E-state index is -4.18. The molecule has 0 spiro atoms. The first kappa shape index (κ1) is 28.0. The Hall–Kier alpha value is -4.10. The van der Waals surface area contributed by atoms with Crippen LogP contribution in [-0.2, 0) is 16.0 Å². The van der Waals surface area contributed by atoms with Crippen molar-refractivity contribution in [2.45, 2.75) is 19.1 Å². The number of hydrogen-bond donors (Lipinski definition) is 1. The van der Waals surface area contributed by atoms with Crippen LogP contribution in [0.2, 0.25) is 0 Å². The molecule has 1 aromatic carbocycles. The van der Waals surface area contributed by atoms with Crippen molar-refractivity contribution in [3.63, 3.8) is 0 Å². The summed E-state index contributed by atoms with van der Waals surface area (Å²) >= 11 is 6.71. The van der Waals surface area contributed by atoms with Gasteiger partial charge in [0.15, 0.2) is 5.65 Å². The number of ether oxygens (including phenoxy) is 2. The second kappa shape index (κ2) is 11.3. The lowest BCUT2D eigenvalue weighted by Gasteiger charge is -2.36. The van der Waals surface area contributed by atoms with Crippen molar-refractivity contribution >= 4 is 40.2 Å². The van der Waals surface area contributed by atoms with Crippen LogP contribution in [0, 0.1) is 0 Å². The number of pyridine rings is 1. The standard InChI is InChI=1S/C28H28ClF3N8O2/c1-41-20-12-21(24(29)23(13-20)42-2)22-11-17-14-33-27(36-25(17)40-16-34-37-26(22)40)35-18-3-5-19(6-4-18)39-9-7-38(8-10-39)15-28(30,31)32/h3-6,11,13,16H,7-10,12,14-15H2,1-2H3,(H,33,35). The first-order valence-corrected chi connectivity index (χ1v) is 13.7. The number of nitrogens with one attached hydrogen (secondary N) is 1. The van der Waals surface area contributed by atoms with Gasteiger partial charge in [0.05, 0.1) is 32.3 Å². The second-order valence-corrected chi connectivity index (χ2v) is 10.5. The van der Waals surface area contributed by atoms with Crippen molar-refractivity contribution in [1.82, 2.24) is 19.5 Å². The maximum absolute atomic E-state index is 12.7. The van der Waals surface area contributed by atoms with E-state index in [9.17, 15) is 13.2 Å². The predicted octanol–water partition coefficient (Wildman–Crippen LogP) is 3.20. The van der Waals surface area contributed by atoms with Gasteiger partial charge in [-0.3, -0.25) is 9.30 Å². The lowest BCUT2D eigenvalue weighted by molar-refractivity contribution is -0.146. The van der Waals surface area contributed by atoms with Crippen LogP contribution in [0.3, 0.4) is 0 Å². The lowest BCUT2D eigenvalue weighted by Crippen LogP contribution is -2.49. The van der Waals surface area contributed by atoms with Crippen molar-refractivity contribution in [2.24, 2.45) is 9.98 Å². The summed E-state index contributed by atoms with van der Waals surface area (Å²) in [5.74, 6) is 1.66. The maximum atomic E-state index is 12.7. The number of anilines is 2. The minimum absolute atomic E-state index is 0.368. The van der Waals surface area contributed by atoms with E-state index in [-0.39, 0.29) is 0 Å². The molecule has 2 aromatic heterocycles. The van der Waals surface area contributed by atoms with Gasteiger partial charge in [-0.05, 0) is 35.9 Å². The highest BCUT2D eigenvalue weighted by Crippen LogP contribution is 2.33. The van der Waals surface area contributed by atoms with E-state index in [1.54, 1.807) is 26.6 Å². The number of guanidine groups is 1. The van der Waals surface area contributed by atoms with Gasteiger partial charge in [0.1, 0.15) is 23.3 Å². The van der Waals surface area contributed by atoms with Crippen LogP contribution in [0.5, 0.6) is 0 Å². The Labute approximate surface area is 244 Å². The van der Waals surface area contributed by atoms with E-state index in [4.69, 9.17) is 26.1 Å². The second-order valence-electron chi connectivity index (χ2n) is 10.1. The molecule has 3 aromatic rings. The van der Waals surface area contributed by atoms with Gasteiger partial charge in [0.25, 0.3) is 0 Å². The molecule has 42 heavy (non-hydrogen) atoms. The number of halogens is 4. The van der Waals surface area contributed by atoms with Crippen LogP contribution in [0.15, 0.2) is 69.3 Å². The summed E-state index contributed by atoms with van der Waals surface area (Å²) in [7, 11) is 3.16. The van der Waals surface area contributed by atoms with Crippen LogP contribution in [-0.4, -0.2) is 78.6 Å². The number of methoxy groups -OCH3 is 2. The first-order chi connectivity index (χ1) is 20.2. The summed E-state index contributed by atoms with van der Waals surface area (Å²) in [6.45, 7) is 1.32. The van der Waals surface area contributed by atoms with Crippen molar-refractivity contribution in [1.29, 1.82) is 0 Å². The van der Waals surface area contributed by atoms with Crippen LogP contribution in [0.1, 0.15) is 12.0 Å². The van der Waals surface area contributed by atoms with Crippen molar-refractivity contribution in [3.05, 3.63) is 75.6 Å². The molecule has 2 aliphatic heterocycles. The van der Waals surface area contributed by atoms with Crippen molar-refractivity contribution in [2.75, 3.05) is 57.2 Å². The number of rotatable bonds is 5. The highest BCUT2D eigenvalue weighted by atomic mass is 35.5. The molecule has 6 rings (SSSR count). The SMILES string of the molecule is COC1=CC(OC)=C(Cl)C(=c2cc3c(n4cnnc24)=NC(Nc2ccc(N4CCN(CC(F)(F)F)CC4)cc2)=NC3)C1. The number of alkyl halides is 3. The molecule has 0 unspecified atom stereocenters. The number of piperazine rings is 1. The van der Waals surface area contributed by atoms with Gasteiger partial charge in [-0.1, -0.05) is 11.6 Å². The monoisotopic (exact) mass is 600 g/mol. The highest BCUT2D eigenvalue weighted by molar-refractivity contribution is 6.36. The van der Waals surface area contributed by atoms with E-state index in [1.165, 1.54) is 4.90 Å². The quantitative estimate of drug-likeness (QED) is 0.481. The number of aliphatic imine (C=N–C) groups is 1. The molecule has 3 aliphatic rings. The molecule has 0 radical (unpaired) electrons. The number of allylic oxidation sites excluding steroid dienone is 3. The zero-order valence-corrected chi connectivity index (χ0v) is 23.7. The van der Waals surface area contributed by atoms with Crippen LogP contribution in [0.4, 0.5) is 24.5 Å². The van der Waals surface area contributed by atoms with Gasteiger partial charge < -0.3 is 19.7 Å². The van der Waals surface area contributed by atoms with Gasteiger partial charge >= 0.3 is 6.18 Å². The molecule has 0 amide bonds. The molecule has 1 fully saturated rings. The molecule has 4 heterocycles. The molecular weight excluding hydrogens is 573 g/mol. The van der Waals surface area contributed by atoms with Crippen LogP contribution < -0.4 is 20.9 Å². The first-order valence-electron chi connectivity index (χ1n) is 13.3. The molecule has 1 N–H and O–H groups in total. The van der Waals surface area contributed by atoms with Crippen LogP contribution in [0.25, 0.3) is 11.2 Å². The average Bonchev–Trinajstić information content (AvgIpc) is 3.48. The third-order valence-electron chi connectivity index (χ3n) is 7.43. The molecule has 0 saturated carbocycles. The normalized spacial score (nSPS) is 19.2. The number of nitrogens with zero attached hydrogens (tertiary/aromatic N) is 7. The summed E-state index contributed by atoms with van der Waals surface area (Å²) in [4.78, 5) is 12.9. The topological polar surface area (TPSA) is 91.9 Å². The Bertz CT molecular complexity index is 1720. The predicted molar refractivity (Wildman–Crippen MR) is 153 cm³/mol. The molecule has 0 bridgehead atoms. The molecular formula is C28H28ClF3N8O2. The van der Waals surface area contributed by atoms with Crippen molar-refractivity contribution in [3.8, 4) is 0 Å². The summed E-state index contributed by atoms with van der Waals surface area (Å²) in [5, 5.41) is 13.0. The Morgan fingerprint density at radius 1 is 1.05 bits per heavy atom. The third-order valence-corrected chi connectivity index (χ3v) is 7.84. The summed E-state index contributed by atoms with van der Waals surface area (Å²) in [6.07, 6.45) is -0.326. The van der Waals surface area contributed by atoms with E-state index in [0.717, 1.165) is 27.7 Å². The Morgan fingerprint density at radius 2 is 1.81 bits per heavy atom. The Morgan fingerprint density at radius 3 is 2.50 bits per heavy atom. The van der Waals surface area contributed by atoms with Gasteiger partial charge in [-0.2, -0.15) is 18.2 Å². The summed E-state index contributed by atoms with van der Waals surface area (Å²) in [6, 6.07) is 9.68. The van der Waals surface area contributed by atoms with E-state index < -0.39 is 12.7 Å². The Balaban J connectivity index is 1.23. The number of hydrogen-bond acceptors (Lipinski definition) is 9. The fourth-order valence-corrected chi connectivity index (χ4v) is 5.62. The molecule has 220 valence electrons. The maximum Gasteiger partial charge on any atom is 0.401 e. The average molecular weight is 601 g/mol. The van der Waals surface area contributed by atoms with E-state index in [1.807, 2.05) is 34.7 Å². The smallest absolute Gasteiger partial charge is 0.401 e. The van der Waals surface area contributed by atoms with E-state index >= 15 is 0 Å². The molecule has 1 saturated heterocycles. The zero-order valence-electron chi connectivity index (χ0n) is 23.0. The molecule has 0 atom stereocenters. The largest absolute Gasteiger partial charge is 0.501 e. The lowest BCUT2D eigenvalue weighted by atomic mass is 10.0. The van der Waals surface area contributed by atoms with Crippen LogP contribution >= 0.6 is 11.6 Å². The number of aromatic nitrogens is 3. The summed E-state index contributed by atoms with van der Waals surface area (Å²) < 4.78 is 50.9. The fraction of sp³-hybridized carbons (Fsp3) is 0.357. The zero-order chi connectivity index (χ0) is 29.4. The number of fused-ring (bicyclic) bond motifs is 3. The number of benzene rings is 1. The Kier molecular flexibility index (Phi) is 7.54. The fourth-order valence-electron chi connectivity index (χ4n) is 5.32. The van der Waals surface area contributed by atoms with Gasteiger partial charge in [-0.15, -0.1) is 10.2 Å². The van der Waals surface area contributed by atoms with Gasteiger partial charge in [0.2, 0.25) is 5.96 Å². The minimum Gasteiger partial charge on any atom is -0.501 e. The van der Waals surface area contributed by atoms with Gasteiger partial charge in [0, 0.05) is 60.8 Å². The highest BCUT2D eigenvalue weighted by Gasteiger charge is 2.32. The molecule has 10 nitrogen and oxygen atoms in total. The molecule has 1 aliphatic carbocycles. The van der Waals surface area contributed by atoms with Gasteiger partial charge in [-0.25, -0.2) is 4.99 Å².